The number of amides is 1. The Kier molecular flexibility index (Phi) is 6.41. The summed E-state index contributed by atoms with van der Waals surface area (Å²) in [4.78, 5) is 15.7. The highest BCUT2D eigenvalue weighted by Gasteiger charge is 2.34. The summed E-state index contributed by atoms with van der Waals surface area (Å²) in [6.07, 6.45) is 3.60. The standard InChI is InChI=1S/C26H29N3O4/c1-31-22-11-5-9-20(15-22)24-23(18-29(27-24)16-19-7-3-2-4-8-19)25(30)28-12-6-10-21(17-28)26-32-13-14-33-26/h2-5,7-9,11,15,18,21,26H,6,10,12-14,16-17H2,1H3. The van der Waals surface area contributed by atoms with Crippen molar-refractivity contribution in [2.75, 3.05) is 33.4 Å². The van der Waals surface area contributed by atoms with Gasteiger partial charge in [-0.05, 0) is 30.5 Å². The number of methoxy groups -OCH3 is 1. The minimum atomic E-state index is -0.209. The summed E-state index contributed by atoms with van der Waals surface area (Å²) in [6, 6.07) is 17.8. The molecule has 7 nitrogen and oxygen atoms in total. The lowest BCUT2D eigenvalue weighted by atomic mass is 9.96. The number of ether oxygens (including phenoxy) is 3. The number of aromatic nitrogens is 2. The first-order valence-electron chi connectivity index (χ1n) is 11.5. The molecule has 0 saturated carbocycles. The van der Waals surface area contributed by atoms with Gasteiger partial charge in [-0.25, -0.2) is 0 Å². The van der Waals surface area contributed by atoms with Crippen molar-refractivity contribution < 1.29 is 19.0 Å². The Morgan fingerprint density at radius 1 is 1.12 bits per heavy atom. The van der Waals surface area contributed by atoms with Gasteiger partial charge in [0.25, 0.3) is 5.91 Å². The number of carbonyl (C=O) groups is 1. The van der Waals surface area contributed by atoms with E-state index >= 15 is 0 Å². The SMILES string of the molecule is COc1cccc(-c2nn(Cc3ccccc3)cc2C(=O)N2CCCC(C3OCCO3)C2)c1. The fourth-order valence-corrected chi connectivity index (χ4v) is 4.65. The quantitative estimate of drug-likeness (QED) is 0.575. The third-order valence-corrected chi connectivity index (χ3v) is 6.30. The van der Waals surface area contributed by atoms with Crippen LogP contribution in [0.15, 0.2) is 60.8 Å². The summed E-state index contributed by atoms with van der Waals surface area (Å²) in [5, 5.41) is 4.83. The molecule has 2 saturated heterocycles. The number of rotatable bonds is 6. The number of likely N-dealkylation sites (tertiary alicyclic amines) is 1. The van der Waals surface area contributed by atoms with Gasteiger partial charge in [0.2, 0.25) is 0 Å². The molecule has 3 heterocycles. The molecule has 2 aromatic carbocycles. The Morgan fingerprint density at radius 3 is 2.73 bits per heavy atom. The van der Waals surface area contributed by atoms with Crippen LogP contribution in [0.5, 0.6) is 5.75 Å². The second-order valence-electron chi connectivity index (χ2n) is 8.57. The van der Waals surface area contributed by atoms with Crippen LogP contribution in [-0.4, -0.2) is 60.3 Å². The number of piperidine rings is 1. The molecule has 3 aromatic rings. The van der Waals surface area contributed by atoms with Crippen molar-refractivity contribution in [2.24, 2.45) is 5.92 Å². The molecule has 0 radical (unpaired) electrons. The molecule has 1 aromatic heterocycles. The van der Waals surface area contributed by atoms with Crippen molar-refractivity contribution in [3.8, 4) is 17.0 Å². The first-order chi connectivity index (χ1) is 16.2. The van der Waals surface area contributed by atoms with Gasteiger partial charge in [-0.3, -0.25) is 9.48 Å². The molecular weight excluding hydrogens is 418 g/mol. The zero-order valence-corrected chi connectivity index (χ0v) is 18.9. The second kappa shape index (κ2) is 9.77. The number of benzene rings is 2. The Hall–Kier alpha value is -3.16. The molecule has 0 N–H and O–H groups in total. The molecule has 2 aliphatic rings. The summed E-state index contributed by atoms with van der Waals surface area (Å²) in [5.41, 5.74) is 3.27. The summed E-state index contributed by atoms with van der Waals surface area (Å²) < 4.78 is 18.7. The van der Waals surface area contributed by atoms with Crippen molar-refractivity contribution in [3.63, 3.8) is 0 Å². The second-order valence-corrected chi connectivity index (χ2v) is 8.57. The molecule has 1 atom stereocenters. The maximum atomic E-state index is 13.7. The summed E-state index contributed by atoms with van der Waals surface area (Å²) in [5.74, 6) is 0.928. The van der Waals surface area contributed by atoms with E-state index in [4.69, 9.17) is 19.3 Å². The maximum absolute atomic E-state index is 13.7. The van der Waals surface area contributed by atoms with Gasteiger partial charge < -0.3 is 19.1 Å². The number of hydrogen-bond acceptors (Lipinski definition) is 5. The largest absolute Gasteiger partial charge is 0.497 e. The van der Waals surface area contributed by atoms with E-state index in [0.29, 0.717) is 37.6 Å². The van der Waals surface area contributed by atoms with Gasteiger partial charge in [0, 0.05) is 30.8 Å². The Balaban J connectivity index is 1.45. The van der Waals surface area contributed by atoms with E-state index in [1.165, 1.54) is 0 Å². The molecule has 2 aliphatic heterocycles. The summed E-state index contributed by atoms with van der Waals surface area (Å²) in [7, 11) is 1.64. The van der Waals surface area contributed by atoms with Gasteiger partial charge in [0.05, 0.1) is 32.4 Å². The van der Waals surface area contributed by atoms with E-state index in [2.05, 4.69) is 12.1 Å². The highest BCUT2D eigenvalue weighted by molar-refractivity contribution is 6.00. The average molecular weight is 448 g/mol. The normalized spacial score (nSPS) is 19.1. The van der Waals surface area contributed by atoms with Crippen LogP contribution in [0.4, 0.5) is 0 Å². The Morgan fingerprint density at radius 2 is 1.94 bits per heavy atom. The number of carbonyl (C=O) groups excluding carboxylic acids is 1. The molecule has 0 aliphatic carbocycles. The molecule has 7 heteroatoms. The molecule has 33 heavy (non-hydrogen) atoms. The topological polar surface area (TPSA) is 65.8 Å². The molecule has 1 amide bonds. The highest BCUT2D eigenvalue weighted by Crippen LogP contribution is 2.30. The van der Waals surface area contributed by atoms with Crippen molar-refractivity contribution in [1.29, 1.82) is 0 Å². The van der Waals surface area contributed by atoms with Gasteiger partial charge in [0.15, 0.2) is 6.29 Å². The average Bonchev–Trinajstić information content (AvgIpc) is 3.55. The molecule has 1 unspecified atom stereocenters. The van der Waals surface area contributed by atoms with Gasteiger partial charge in [0.1, 0.15) is 11.4 Å². The molecule has 0 bridgehead atoms. The third kappa shape index (κ3) is 4.79. The van der Waals surface area contributed by atoms with Crippen LogP contribution in [0.1, 0.15) is 28.8 Å². The van der Waals surface area contributed by atoms with E-state index in [9.17, 15) is 4.79 Å². The van der Waals surface area contributed by atoms with Crippen LogP contribution in [0.25, 0.3) is 11.3 Å². The van der Waals surface area contributed by atoms with Gasteiger partial charge >= 0.3 is 0 Å². The third-order valence-electron chi connectivity index (χ3n) is 6.30. The van der Waals surface area contributed by atoms with Gasteiger partial charge in [-0.1, -0.05) is 42.5 Å². The maximum Gasteiger partial charge on any atom is 0.257 e. The predicted molar refractivity (Wildman–Crippen MR) is 124 cm³/mol. The van der Waals surface area contributed by atoms with Crippen molar-refractivity contribution in [3.05, 3.63) is 71.9 Å². The van der Waals surface area contributed by atoms with Gasteiger partial charge in [-0.2, -0.15) is 5.10 Å². The van der Waals surface area contributed by atoms with E-state index in [-0.39, 0.29) is 18.1 Å². The highest BCUT2D eigenvalue weighted by atomic mass is 16.7. The molecule has 5 rings (SSSR count). The van der Waals surface area contributed by atoms with Crippen LogP contribution < -0.4 is 4.74 Å². The van der Waals surface area contributed by atoms with Crippen LogP contribution >= 0.6 is 0 Å². The van der Waals surface area contributed by atoms with Crippen LogP contribution in [0.3, 0.4) is 0 Å². The minimum absolute atomic E-state index is 0.00479. The zero-order chi connectivity index (χ0) is 22.6. The van der Waals surface area contributed by atoms with Gasteiger partial charge in [-0.15, -0.1) is 0 Å². The van der Waals surface area contributed by atoms with Crippen LogP contribution in [0, 0.1) is 5.92 Å². The fourth-order valence-electron chi connectivity index (χ4n) is 4.65. The van der Waals surface area contributed by atoms with E-state index in [1.54, 1.807) is 7.11 Å². The number of hydrogen-bond donors (Lipinski definition) is 0. The predicted octanol–water partition coefficient (Wildman–Crippen LogP) is 3.83. The van der Waals surface area contributed by atoms with E-state index < -0.39 is 0 Å². The monoisotopic (exact) mass is 447 g/mol. The molecular formula is C26H29N3O4. The Bertz CT molecular complexity index is 1090. The molecule has 2 fully saturated rings. The van der Waals surface area contributed by atoms with E-state index in [1.807, 2.05) is 58.2 Å². The summed E-state index contributed by atoms with van der Waals surface area (Å²) >= 11 is 0. The van der Waals surface area contributed by atoms with Crippen molar-refractivity contribution in [1.82, 2.24) is 14.7 Å². The van der Waals surface area contributed by atoms with Crippen LogP contribution in [-0.2, 0) is 16.0 Å². The van der Waals surface area contributed by atoms with Crippen molar-refractivity contribution in [2.45, 2.75) is 25.7 Å². The lowest BCUT2D eigenvalue weighted by Gasteiger charge is -2.34. The molecule has 0 spiro atoms. The molecule has 172 valence electrons. The first-order valence-corrected chi connectivity index (χ1v) is 11.5. The van der Waals surface area contributed by atoms with Crippen LogP contribution in [0.2, 0.25) is 0 Å². The fraction of sp³-hybridized carbons (Fsp3) is 0.385. The zero-order valence-electron chi connectivity index (χ0n) is 18.9. The minimum Gasteiger partial charge on any atom is -0.497 e. The Labute approximate surface area is 193 Å². The first kappa shape index (κ1) is 21.7. The van der Waals surface area contributed by atoms with E-state index in [0.717, 1.165) is 36.3 Å². The smallest absolute Gasteiger partial charge is 0.257 e. The lowest BCUT2D eigenvalue weighted by molar-refractivity contribution is -0.0969. The summed E-state index contributed by atoms with van der Waals surface area (Å²) in [6.45, 7) is 3.20. The number of nitrogens with zero attached hydrogens (tertiary/aromatic N) is 3. The van der Waals surface area contributed by atoms with Crippen molar-refractivity contribution >= 4 is 5.91 Å². The lowest BCUT2D eigenvalue weighted by Crippen LogP contribution is -2.43.